The van der Waals surface area contributed by atoms with Crippen LogP contribution in [0.15, 0.2) is 47.0 Å². The lowest BCUT2D eigenvalue weighted by molar-refractivity contribution is 0.316. The van der Waals surface area contributed by atoms with Gasteiger partial charge >= 0.3 is 0 Å². The van der Waals surface area contributed by atoms with Crippen LogP contribution in [0, 0.1) is 5.92 Å². The molecule has 2 aliphatic carbocycles. The Labute approximate surface area is 70.8 Å². The molecule has 0 heterocycles. The largest absolute Gasteiger partial charge is 0.504 e. The first-order valence-electron chi connectivity index (χ1n) is 3.90. The zero-order valence-electron chi connectivity index (χ0n) is 6.78. The first kappa shape index (κ1) is 7.22. The van der Waals surface area contributed by atoms with Gasteiger partial charge in [-0.1, -0.05) is 18.2 Å². The Kier molecular flexibility index (Phi) is 1.37. The van der Waals surface area contributed by atoms with Crippen molar-refractivity contribution in [1.29, 1.82) is 0 Å². The molecular formula is C10H10O2. The maximum absolute atomic E-state index is 9.39. The van der Waals surface area contributed by atoms with E-state index in [1.165, 1.54) is 0 Å². The van der Waals surface area contributed by atoms with E-state index < -0.39 is 0 Å². The van der Waals surface area contributed by atoms with Gasteiger partial charge in [0.05, 0.1) is 0 Å². The summed E-state index contributed by atoms with van der Waals surface area (Å²) >= 11 is 0. The van der Waals surface area contributed by atoms with Crippen LogP contribution < -0.4 is 0 Å². The van der Waals surface area contributed by atoms with Crippen molar-refractivity contribution in [2.24, 2.45) is 5.92 Å². The maximum atomic E-state index is 9.39. The molecule has 0 radical (unpaired) electrons. The molecule has 0 aromatic heterocycles. The number of fused-ring (bicyclic) bond motifs is 1. The van der Waals surface area contributed by atoms with Gasteiger partial charge in [0.1, 0.15) is 0 Å². The van der Waals surface area contributed by atoms with Crippen LogP contribution in [0.3, 0.4) is 0 Å². The van der Waals surface area contributed by atoms with E-state index in [1.54, 1.807) is 6.08 Å². The highest BCUT2D eigenvalue weighted by molar-refractivity contribution is 5.51. The summed E-state index contributed by atoms with van der Waals surface area (Å²) in [5.74, 6) is 0.142. The minimum absolute atomic E-state index is 0.00111. The van der Waals surface area contributed by atoms with Gasteiger partial charge in [0.2, 0.25) is 0 Å². The van der Waals surface area contributed by atoms with Crippen molar-refractivity contribution in [3.8, 4) is 0 Å². The predicted octanol–water partition coefficient (Wildman–Crippen LogP) is 2.39. The number of allylic oxidation sites excluding steroid dienone is 6. The summed E-state index contributed by atoms with van der Waals surface area (Å²) in [5, 5.41) is 18.7. The smallest absolute Gasteiger partial charge is 0.160 e. The van der Waals surface area contributed by atoms with Gasteiger partial charge in [0.25, 0.3) is 0 Å². The minimum atomic E-state index is -0.0128. The fraction of sp³-hybridized carbons (Fsp3) is 0.200. The molecule has 1 unspecified atom stereocenters. The van der Waals surface area contributed by atoms with Crippen LogP contribution in [0.5, 0.6) is 0 Å². The molecule has 0 fully saturated rings. The van der Waals surface area contributed by atoms with Gasteiger partial charge in [-0.2, -0.15) is 0 Å². The molecular weight excluding hydrogens is 152 g/mol. The fourth-order valence-corrected chi connectivity index (χ4v) is 1.59. The Morgan fingerprint density at radius 3 is 2.83 bits per heavy atom. The van der Waals surface area contributed by atoms with Crippen LogP contribution in [0.25, 0.3) is 0 Å². The standard InChI is InChI=1S/C10H10O2/c1-6-8-4-2-3-7(8)5-9(11)10(6)12/h2-5,7,11-12H,1H3. The highest BCUT2D eigenvalue weighted by Crippen LogP contribution is 2.34. The van der Waals surface area contributed by atoms with Gasteiger partial charge in [0.15, 0.2) is 11.5 Å². The van der Waals surface area contributed by atoms with Gasteiger partial charge in [-0.15, -0.1) is 0 Å². The van der Waals surface area contributed by atoms with Crippen LogP contribution in [0.4, 0.5) is 0 Å². The molecule has 12 heavy (non-hydrogen) atoms. The van der Waals surface area contributed by atoms with E-state index in [9.17, 15) is 10.2 Å². The van der Waals surface area contributed by atoms with Crippen molar-refractivity contribution < 1.29 is 10.2 Å². The molecule has 0 aromatic rings. The summed E-state index contributed by atoms with van der Waals surface area (Å²) in [6.45, 7) is 1.81. The summed E-state index contributed by atoms with van der Waals surface area (Å²) in [6, 6.07) is 0. The molecule has 2 heteroatoms. The molecule has 62 valence electrons. The molecule has 2 nitrogen and oxygen atoms in total. The van der Waals surface area contributed by atoms with Gasteiger partial charge in [-0.05, 0) is 24.1 Å². The molecule has 0 saturated carbocycles. The monoisotopic (exact) mass is 162 g/mol. The quantitative estimate of drug-likeness (QED) is 0.574. The number of hydrogen-bond acceptors (Lipinski definition) is 2. The van der Waals surface area contributed by atoms with Crippen LogP contribution in [0.2, 0.25) is 0 Å². The van der Waals surface area contributed by atoms with Gasteiger partial charge in [0, 0.05) is 5.92 Å². The van der Waals surface area contributed by atoms with Crippen molar-refractivity contribution in [3.05, 3.63) is 47.0 Å². The average molecular weight is 162 g/mol. The molecule has 0 bridgehead atoms. The lowest BCUT2D eigenvalue weighted by Gasteiger charge is -2.18. The minimum Gasteiger partial charge on any atom is -0.504 e. The second-order valence-corrected chi connectivity index (χ2v) is 3.06. The molecule has 0 saturated heterocycles. The van der Waals surface area contributed by atoms with E-state index in [2.05, 4.69) is 0 Å². The molecule has 0 aromatic carbocycles. The van der Waals surface area contributed by atoms with E-state index >= 15 is 0 Å². The molecule has 1 atom stereocenters. The third-order valence-corrected chi connectivity index (χ3v) is 2.32. The molecule has 2 aliphatic rings. The highest BCUT2D eigenvalue weighted by Gasteiger charge is 2.23. The highest BCUT2D eigenvalue weighted by atomic mass is 16.3. The summed E-state index contributed by atoms with van der Waals surface area (Å²) in [5.41, 5.74) is 1.84. The third-order valence-electron chi connectivity index (χ3n) is 2.32. The zero-order chi connectivity index (χ0) is 8.72. The molecule has 2 rings (SSSR count). The van der Waals surface area contributed by atoms with Crippen LogP contribution in [0.1, 0.15) is 6.92 Å². The Balaban J connectivity index is 2.52. The summed E-state index contributed by atoms with van der Waals surface area (Å²) in [6.07, 6.45) is 7.53. The van der Waals surface area contributed by atoms with E-state index in [0.29, 0.717) is 0 Å². The van der Waals surface area contributed by atoms with Gasteiger partial charge in [-0.25, -0.2) is 0 Å². The van der Waals surface area contributed by atoms with Gasteiger partial charge < -0.3 is 10.2 Å². The number of aliphatic hydroxyl groups excluding tert-OH is 2. The van der Waals surface area contributed by atoms with E-state index in [4.69, 9.17) is 0 Å². The summed E-state index contributed by atoms with van der Waals surface area (Å²) in [7, 11) is 0. The molecule has 0 spiro atoms. The molecule has 0 amide bonds. The lowest BCUT2D eigenvalue weighted by atomic mass is 9.90. The Bertz CT molecular complexity index is 343. The van der Waals surface area contributed by atoms with Crippen molar-refractivity contribution in [2.75, 3.05) is 0 Å². The predicted molar refractivity (Wildman–Crippen MR) is 46.8 cm³/mol. The van der Waals surface area contributed by atoms with Crippen molar-refractivity contribution in [1.82, 2.24) is 0 Å². The van der Waals surface area contributed by atoms with Crippen LogP contribution >= 0.6 is 0 Å². The Morgan fingerprint density at radius 1 is 1.33 bits per heavy atom. The van der Waals surface area contributed by atoms with Crippen molar-refractivity contribution in [3.63, 3.8) is 0 Å². The topological polar surface area (TPSA) is 40.5 Å². The first-order valence-corrected chi connectivity index (χ1v) is 3.90. The van der Waals surface area contributed by atoms with Gasteiger partial charge in [-0.3, -0.25) is 0 Å². The third kappa shape index (κ3) is 0.811. The first-order chi connectivity index (χ1) is 5.70. The zero-order valence-corrected chi connectivity index (χ0v) is 6.78. The van der Waals surface area contributed by atoms with Crippen molar-refractivity contribution in [2.45, 2.75) is 6.92 Å². The van der Waals surface area contributed by atoms with Crippen LogP contribution in [-0.4, -0.2) is 10.2 Å². The second kappa shape index (κ2) is 2.27. The van der Waals surface area contributed by atoms with E-state index in [-0.39, 0.29) is 17.4 Å². The number of rotatable bonds is 0. The summed E-state index contributed by atoms with van der Waals surface area (Å²) < 4.78 is 0. The normalized spacial score (nSPS) is 26.9. The van der Waals surface area contributed by atoms with Crippen molar-refractivity contribution >= 4 is 0 Å². The Morgan fingerprint density at radius 2 is 2.08 bits per heavy atom. The maximum Gasteiger partial charge on any atom is 0.160 e. The lowest BCUT2D eigenvalue weighted by Crippen LogP contribution is -2.07. The average Bonchev–Trinajstić information content (AvgIpc) is 2.48. The molecule has 2 N–H and O–H groups in total. The summed E-state index contributed by atoms with van der Waals surface area (Å²) in [4.78, 5) is 0. The number of aliphatic hydroxyl groups is 2. The Hall–Kier alpha value is -1.44. The fourth-order valence-electron chi connectivity index (χ4n) is 1.59. The number of hydrogen-bond donors (Lipinski definition) is 2. The van der Waals surface area contributed by atoms with E-state index in [1.807, 2.05) is 25.2 Å². The van der Waals surface area contributed by atoms with Crippen LogP contribution in [-0.2, 0) is 0 Å². The molecule has 0 aliphatic heterocycles. The SMILES string of the molecule is CC1=C(O)C(O)=CC2C=CC=C12. The second-order valence-electron chi connectivity index (χ2n) is 3.06. The van der Waals surface area contributed by atoms with E-state index in [0.717, 1.165) is 11.1 Å².